The van der Waals surface area contributed by atoms with Crippen LogP contribution in [-0.4, -0.2) is 11.8 Å². The number of carbonyl (C=O) groups is 1. The summed E-state index contributed by atoms with van der Waals surface area (Å²) >= 11 is 4.99. The zero-order valence-electron chi connectivity index (χ0n) is 8.05. The fourth-order valence-corrected chi connectivity index (χ4v) is 1.24. The zero-order valence-corrected chi connectivity index (χ0v) is 8.81. The number of hydrogen-bond acceptors (Lipinski definition) is 2. The van der Waals surface area contributed by atoms with E-state index in [1.54, 1.807) is 0 Å². The Morgan fingerprint density at radius 1 is 1.31 bits per heavy atom. The SMILES string of the molecule is O=C(Cl)COCc1ccccc1C(F)(F)F. The molecular weight excluding hydrogens is 245 g/mol. The van der Waals surface area contributed by atoms with Gasteiger partial charge in [0.25, 0.3) is 0 Å². The Kier molecular flexibility index (Phi) is 4.32. The van der Waals surface area contributed by atoms with Gasteiger partial charge >= 0.3 is 6.18 Å². The van der Waals surface area contributed by atoms with Crippen molar-refractivity contribution in [2.45, 2.75) is 12.8 Å². The molecule has 0 N–H and O–H groups in total. The minimum atomic E-state index is -4.43. The predicted molar refractivity (Wildman–Crippen MR) is 52.0 cm³/mol. The maximum absolute atomic E-state index is 12.5. The fourth-order valence-electron chi connectivity index (χ4n) is 1.16. The number of benzene rings is 1. The molecule has 0 saturated heterocycles. The van der Waals surface area contributed by atoms with E-state index in [4.69, 9.17) is 16.3 Å². The highest BCUT2D eigenvalue weighted by Gasteiger charge is 2.32. The van der Waals surface area contributed by atoms with Crippen LogP contribution in [0.25, 0.3) is 0 Å². The Labute approximate surface area is 95.0 Å². The van der Waals surface area contributed by atoms with Crippen LogP contribution in [0.5, 0.6) is 0 Å². The zero-order chi connectivity index (χ0) is 12.2. The predicted octanol–water partition coefficient (Wildman–Crippen LogP) is 2.99. The summed E-state index contributed by atoms with van der Waals surface area (Å²) < 4.78 is 42.2. The first-order valence-electron chi connectivity index (χ1n) is 4.32. The third kappa shape index (κ3) is 3.83. The van der Waals surface area contributed by atoms with Gasteiger partial charge in [-0.05, 0) is 23.2 Å². The van der Waals surface area contributed by atoms with Crippen LogP contribution >= 0.6 is 11.6 Å². The molecule has 0 aliphatic carbocycles. The summed E-state index contributed by atoms with van der Waals surface area (Å²) in [4.78, 5) is 10.3. The Hall–Kier alpha value is -1.07. The van der Waals surface area contributed by atoms with Crippen molar-refractivity contribution in [3.63, 3.8) is 0 Å². The molecule has 0 heterocycles. The number of carbonyl (C=O) groups excluding carboxylic acids is 1. The lowest BCUT2D eigenvalue weighted by Gasteiger charge is -2.12. The van der Waals surface area contributed by atoms with E-state index < -0.39 is 23.6 Å². The van der Waals surface area contributed by atoms with Gasteiger partial charge in [0.05, 0.1) is 12.2 Å². The van der Waals surface area contributed by atoms with E-state index in [2.05, 4.69) is 0 Å². The van der Waals surface area contributed by atoms with Crippen LogP contribution < -0.4 is 0 Å². The largest absolute Gasteiger partial charge is 0.416 e. The topological polar surface area (TPSA) is 26.3 Å². The van der Waals surface area contributed by atoms with Gasteiger partial charge in [-0.25, -0.2) is 0 Å². The summed E-state index contributed by atoms with van der Waals surface area (Å²) in [7, 11) is 0. The average Bonchev–Trinajstić information content (AvgIpc) is 2.16. The van der Waals surface area contributed by atoms with Crippen molar-refractivity contribution in [2.75, 3.05) is 6.61 Å². The lowest BCUT2D eigenvalue weighted by Crippen LogP contribution is -2.11. The second-order valence-electron chi connectivity index (χ2n) is 3.00. The van der Waals surface area contributed by atoms with Crippen molar-refractivity contribution in [2.24, 2.45) is 0 Å². The van der Waals surface area contributed by atoms with Gasteiger partial charge in [0, 0.05) is 0 Å². The summed E-state index contributed by atoms with van der Waals surface area (Å²) in [5.41, 5.74) is -0.787. The van der Waals surface area contributed by atoms with E-state index in [-0.39, 0.29) is 12.2 Å². The normalized spacial score (nSPS) is 11.5. The van der Waals surface area contributed by atoms with Crippen LogP contribution in [0.4, 0.5) is 13.2 Å². The van der Waals surface area contributed by atoms with Crippen LogP contribution in [-0.2, 0) is 22.3 Å². The monoisotopic (exact) mass is 252 g/mol. The van der Waals surface area contributed by atoms with Gasteiger partial charge in [0.2, 0.25) is 5.24 Å². The number of ether oxygens (including phenoxy) is 1. The number of hydrogen-bond donors (Lipinski definition) is 0. The van der Waals surface area contributed by atoms with Crippen molar-refractivity contribution >= 4 is 16.8 Å². The molecule has 0 spiro atoms. The Morgan fingerprint density at radius 2 is 1.94 bits per heavy atom. The van der Waals surface area contributed by atoms with Crippen LogP contribution in [0.15, 0.2) is 24.3 Å². The maximum Gasteiger partial charge on any atom is 0.416 e. The van der Waals surface area contributed by atoms with E-state index >= 15 is 0 Å². The third-order valence-corrected chi connectivity index (χ3v) is 1.90. The standard InChI is InChI=1S/C10H8ClF3O2/c11-9(15)6-16-5-7-3-1-2-4-8(7)10(12,13)14/h1-4H,5-6H2. The summed E-state index contributed by atoms with van der Waals surface area (Å²) in [5, 5.41) is -0.746. The molecule has 0 saturated carbocycles. The molecule has 0 fully saturated rings. The minimum Gasteiger partial charge on any atom is -0.368 e. The molecule has 0 amide bonds. The van der Waals surface area contributed by atoms with E-state index in [0.717, 1.165) is 6.07 Å². The van der Waals surface area contributed by atoms with Gasteiger partial charge in [-0.3, -0.25) is 4.79 Å². The lowest BCUT2D eigenvalue weighted by molar-refractivity contribution is -0.138. The lowest BCUT2D eigenvalue weighted by atomic mass is 10.1. The van der Waals surface area contributed by atoms with Crippen LogP contribution in [0.3, 0.4) is 0 Å². The Morgan fingerprint density at radius 3 is 2.50 bits per heavy atom. The van der Waals surface area contributed by atoms with Gasteiger partial charge in [0.15, 0.2) is 0 Å². The maximum atomic E-state index is 12.5. The molecule has 16 heavy (non-hydrogen) atoms. The molecule has 1 aromatic rings. The highest BCUT2D eigenvalue weighted by Crippen LogP contribution is 2.32. The molecule has 1 aromatic carbocycles. The summed E-state index contributed by atoms with van der Waals surface area (Å²) in [6, 6.07) is 5.01. The molecule has 0 atom stereocenters. The van der Waals surface area contributed by atoms with Crippen LogP contribution in [0.2, 0.25) is 0 Å². The summed E-state index contributed by atoms with van der Waals surface area (Å²) in [6.45, 7) is -0.706. The first-order chi connectivity index (χ1) is 7.41. The number of halogens is 4. The van der Waals surface area contributed by atoms with Crippen molar-refractivity contribution < 1.29 is 22.7 Å². The van der Waals surface area contributed by atoms with Crippen molar-refractivity contribution in [1.82, 2.24) is 0 Å². The average molecular weight is 253 g/mol. The molecule has 0 aromatic heterocycles. The second kappa shape index (κ2) is 5.32. The first kappa shape index (κ1) is 13.0. The van der Waals surface area contributed by atoms with Crippen molar-refractivity contribution in [3.8, 4) is 0 Å². The number of rotatable bonds is 4. The quantitative estimate of drug-likeness (QED) is 0.770. The van der Waals surface area contributed by atoms with Gasteiger partial charge in [-0.2, -0.15) is 13.2 Å². The Balaban J connectivity index is 2.76. The van der Waals surface area contributed by atoms with E-state index in [0.29, 0.717) is 0 Å². The molecule has 2 nitrogen and oxygen atoms in total. The first-order valence-corrected chi connectivity index (χ1v) is 4.70. The molecule has 0 radical (unpaired) electrons. The smallest absolute Gasteiger partial charge is 0.368 e. The second-order valence-corrected chi connectivity index (χ2v) is 3.42. The molecule has 0 unspecified atom stereocenters. The molecule has 1 rings (SSSR count). The van der Waals surface area contributed by atoms with Crippen molar-refractivity contribution in [1.29, 1.82) is 0 Å². The van der Waals surface area contributed by atoms with E-state index in [1.807, 2.05) is 0 Å². The molecule has 0 aliphatic rings. The number of alkyl halides is 3. The van der Waals surface area contributed by atoms with Gasteiger partial charge in [0.1, 0.15) is 6.61 Å². The van der Waals surface area contributed by atoms with Gasteiger partial charge in [-0.15, -0.1) is 0 Å². The van der Waals surface area contributed by atoms with Crippen molar-refractivity contribution in [3.05, 3.63) is 35.4 Å². The third-order valence-electron chi connectivity index (χ3n) is 1.80. The molecule has 0 bridgehead atoms. The summed E-state index contributed by atoms with van der Waals surface area (Å²) in [5.74, 6) is 0. The highest BCUT2D eigenvalue weighted by molar-refractivity contribution is 6.63. The molecule has 6 heteroatoms. The minimum absolute atomic E-state index is 0.0204. The van der Waals surface area contributed by atoms with Crippen LogP contribution in [0, 0.1) is 0 Å². The molecule has 88 valence electrons. The van der Waals surface area contributed by atoms with Gasteiger partial charge in [-0.1, -0.05) is 18.2 Å². The highest BCUT2D eigenvalue weighted by atomic mass is 35.5. The fraction of sp³-hybridized carbons (Fsp3) is 0.300. The van der Waals surface area contributed by atoms with E-state index in [9.17, 15) is 18.0 Å². The van der Waals surface area contributed by atoms with E-state index in [1.165, 1.54) is 18.2 Å². The van der Waals surface area contributed by atoms with Gasteiger partial charge < -0.3 is 4.74 Å². The Bertz CT molecular complexity index is 377. The summed E-state index contributed by atoms with van der Waals surface area (Å²) in [6.07, 6.45) is -4.43. The molecular formula is C10H8ClF3O2. The molecule has 0 aliphatic heterocycles. The van der Waals surface area contributed by atoms with Crippen LogP contribution in [0.1, 0.15) is 11.1 Å².